The van der Waals surface area contributed by atoms with Crippen molar-refractivity contribution in [1.29, 1.82) is 0 Å². The second-order valence-electron chi connectivity index (χ2n) is 9.46. The van der Waals surface area contributed by atoms with Gasteiger partial charge in [0.15, 0.2) is 0 Å². The van der Waals surface area contributed by atoms with Gasteiger partial charge in [-0.3, -0.25) is 14.4 Å². The summed E-state index contributed by atoms with van der Waals surface area (Å²) in [5.74, 6) is -0.940. The van der Waals surface area contributed by atoms with Crippen LogP contribution in [0, 0.1) is 13.8 Å². The number of benzene rings is 4. The first-order valence-electron chi connectivity index (χ1n) is 13.0. The van der Waals surface area contributed by atoms with Crippen molar-refractivity contribution in [2.75, 3.05) is 10.6 Å². The Morgan fingerprint density at radius 2 is 1.49 bits per heavy atom. The number of nitrogens with one attached hydrogen (secondary N) is 3. The molecule has 0 saturated carbocycles. The maximum absolute atomic E-state index is 13.3. The van der Waals surface area contributed by atoms with E-state index in [9.17, 15) is 14.4 Å². The van der Waals surface area contributed by atoms with E-state index in [1.807, 2.05) is 81.4 Å². The van der Waals surface area contributed by atoms with Gasteiger partial charge in [-0.05, 0) is 104 Å². The van der Waals surface area contributed by atoms with E-state index >= 15 is 0 Å². The Kier molecular flexibility index (Phi) is 10.2. The number of anilines is 2. The van der Waals surface area contributed by atoms with Gasteiger partial charge >= 0.3 is 0 Å². The summed E-state index contributed by atoms with van der Waals surface area (Å²) in [6.45, 7) is 5.90. The number of amides is 3. The van der Waals surface area contributed by atoms with Gasteiger partial charge in [-0.2, -0.15) is 0 Å². The van der Waals surface area contributed by atoms with Gasteiger partial charge in [0.05, 0.1) is 5.25 Å². The van der Waals surface area contributed by atoms with Gasteiger partial charge in [0.2, 0.25) is 5.91 Å². The lowest BCUT2D eigenvalue weighted by atomic mass is 10.1. The van der Waals surface area contributed by atoms with Gasteiger partial charge in [0.1, 0.15) is 5.70 Å². The van der Waals surface area contributed by atoms with Crippen LogP contribution in [0.4, 0.5) is 11.4 Å². The first-order chi connectivity index (χ1) is 19.7. The minimum absolute atomic E-state index is 0.0906. The van der Waals surface area contributed by atoms with Crippen molar-refractivity contribution >= 4 is 62.9 Å². The number of aryl methyl sites for hydroxylation is 2. The predicted molar refractivity (Wildman–Crippen MR) is 171 cm³/mol. The minimum atomic E-state index is -0.462. The van der Waals surface area contributed by atoms with E-state index < -0.39 is 5.91 Å². The van der Waals surface area contributed by atoms with E-state index in [2.05, 4.69) is 31.9 Å². The summed E-state index contributed by atoms with van der Waals surface area (Å²) in [7, 11) is 0. The Morgan fingerprint density at radius 1 is 0.780 bits per heavy atom. The smallest absolute Gasteiger partial charge is 0.272 e. The van der Waals surface area contributed by atoms with Crippen LogP contribution in [0.2, 0.25) is 0 Å². The monoisotopic (exact) mass is 627 g/mol. The standard InChI is InChI=1S/C33H30BrN3O3S/c1-21-12-13-28(18-22(21)2)36-31(38)23(3)41-29-16-14-27(15-17-29)35-33(40)30(20-24-8-7-11-26(34)19-24)37-32(39)25-9-5-4-6-10-25/h4-20,23H,1-3H3,(H,35,40)(H,36,38)(H,37,39)/b30-20-. The van der Waals surface area contributed by atoms with Gasteiger partial charge < -0.3 is 16.0 Å². The van der Waals surface area contributed by atoms with Crippen LogP contribution >= 0.6 is 27.7 Å². The molecule has 4 rings (SSSR count). The van der Waals surface area contributed by atoms with Crippen LogP contribution < -0.4 is 16.0 Å². The second kappa shape index (κ2) is 14.0. The number of rotatable bonds is 9. The van der Waals surface area contributed by atoms with Crippen LogP contribution in [0.25, 0.3) is 6.08 Å². The Labute approximate surface area is 252 Å². The lowest BCUT2D eigenvalue weighted by Gasteiger charge is -2.14. The topological polar surface area (TPSA) is 87.3 Å². The third kappa shape index (κ3) is 8.67. The van der Waals surface area contributed by atoms with Crippen molar-refractivity contribution in [3.63, 3.8) is 0 Å². The average Bonchev–Trinajstić information content (AvgIpc) is 2.96. The molecule has 41 heavy (non-hydrogen) atoms. The molecule has 0 aliphatic rings. The molecule has 0 spiro atoms. The Bertz CT molecular complexity index is 1590. The molecule has 3 N–H and O–H groups in total. The molecule has 0 radical (unpaired) electrons. The zero-order valence-electron chi connectivity index (χ0n) is 22.9. The maximum Gasteiger partial charge on any atom is 0.272 e. The maximum atomic E-state index is 13.3. The van der Waals surface area contributed by atoms with E-state index in [4.69, 9.17) is 0 Å². The highest BCUT2D eigenvalue weighted by molar-refractivity contribution is 9.10. The molecule has 0 saturated heterocycles. The molecule has 3 amide bonds. The van der Waals surface area contributed by atoms with Crippen LogP contribution in [-0.2, 0) is 9.59 Å². The molecule has 8 heteroatoms. The van der Waals surface area contributed by atoms with Crippen molar-refractivity contribution in [2.45, 2.75) is 30.9 Å². The largest absolute Gasteiger partial charge is 0.325 e. The number of halogens is 1. The molecular weight excluding hydrogens is 598 g/mol. The minimum Gasteiger partial charge on any atom is -0.325 e. The summed E-state index contributed by atoms with van der Waals surface area (Å²) in [5.41, 5.74) is 4.92. The number of thioether (sulfide) groups is 1. The highest BCUT2D eigenvalue weighted by atomic mass is 79.9. The fourth-order valence-corrected chi connectivity index (χ4v) is 5.13. The van der Waals surface area contributed by atoms with Gasteiger partial charge in [-0.1, -0.05) is 52.3 Å². The molecule has 0 bridgehead atoms. The number of hydrogen-bond donors (Lipinski definition) is 3. The van der Waals surface area contributed by atoms with E-state index in [1.54, 1.807) is 42.5 Å². The molecule has 0 heterocycles. The van der Waals surface area contributed by atoms with Crippen LogP contribution in [0.3, 0.4) is 0 Å². The van der Waals surface area contributed by atoms with E-state index in [1.165, 1.54) is 17.3 Å². The van der Waals surface area contributed by atoms with Crippen LogP contribution in [-0.4, -0.2) is 23.0 Å². The summed E-state index contributed by atoms with van der Waals surface area (Å²) in [5, 5.41) is 8.24. The first-order valence-corrected chi connectivity index (χ1v) is 14.6. The molecule has 1 atom stereocenters. The number of carbonyl (C=O) groups is 3. The van der Waals surface area contributed by atoms with Gasteiger partial charge in [0.25, 0.3) is 11.8 Å². The summed E-state index contributed by atoms with van der Waals surface area (Å²) in [6, 6.07) is 29.2. The molecule has 4 aromatic carbocycles. The normalized spacial score (nSPS) is 11.9. The Hall–Kier alpha value is -4.14. The average molecular weight is 629 g/mol. The van der Waals surface area contributed by atoms with Crippen LogP contribution in [0.5, 0.6) is 0 Å². The predicted octanol–water partition coefficient (Wildman–Crippen LogP) is 7.59. The summed E-state index contributed by atoms with van der Waals surface area (Å²) < 4.78 is 0.852. The zero-order valence-corrected chi connectivity index (χ0v) is 25.3. The first kappa shape index (κ1) is 29.8. The molecule has 1 unspecified atom stereocenters. The van der Waals surface area contributed by atoms with Crippen molar-refractivity contribution < 1.29 is 14.4 Å². The summed E-state index contributed by atoms with van der Waals surface area (Å²) in [4.78, 5) is 39.7. The number of hydrogen-bond acceptors (Lipinski definition) is 4. The van der Waals surface area contributed by atoms with E-state index in [-0.39, 0.29) is 22.8 Å². The zero-order chi connectivity index (χ0) is 29.4. The number of carbonyl (C=O) groups excluding carboxylic acids is 3. The molecular formula is C33H30BrN3O3S. The van der Waals surface area contributed by atoms with Crippen molar-refractivity contribution in [2.24, 2.45) is 0 Å². The fraction of sp³-hybridized carbons (Fsp3) is 0.121. The van der Waals surface area contributed by atoms with Crippen molar-refractivity contribution in [3.05, 3.63) is 129 Å². The van der Waals surface area contributed by atoms with E-state index in [0.29, 0.717) is 11.3 Å². The van der Waals surface area contributed by atoms with Gasteiger partial charge in [-0.25, -0.2) is 0 Å². The van der Waals surface area contributed by atoms with Crippen LogP contribution in [0.15, 0.2) is 112 Å². The highest BCUT2D eigenvalue weighted by Crippen LogP contribution is 2.26. The Balaban J connectivity index is 1.42. The van der Waals surface area contributed by atoms with Gasteiger partial charge in [-0.15, -0.1) is 11.8 Å². The molecule has 0 aromatic heterocycles. The van der Waals surface area contributed by atoms with Crippen molar-refractivity contribution in [1.82, 2.24) is 5.32 Å². The van der Waals surface area contributed by atoms with Crippen molar-refractivity contribution in [3.8, 4) is 0 Å². The Morgan fingerprint density at radius 3 is 2.17 bits per heavy atom. The molecule has 4 aromatic rings. The molecule has 6 nitrogen and oxygen atoms in total. The lowest BCUT2D eigenvalue weighted by Crippen LogP contribution is -2.30. The summed E-state index contributed by atoms with van der Waals surface area (Å²) >= 11 is 4.86. The van der Waals surface area contributed by atoms with Crippen LogP contribution in [0.1, 0.15) is 34.0 Å². The second-order valence-corrected chi connectivity index (χ2v) is 11.8. The molecule has 0 aliphatic carbocycles. The molecule has 208 valence electrons. The highest BCUT2D eigenvalue weighted by Gasteiger charge is 2.17. The quantitative estimate of drug-likeness (QED) is 0.132. The lowest BCUT2D eigenvalue weighted by molar-refractivity contribution is -0.115. The molecule has 0 fully saturated rings. The van der Waals surface area contributed by atoms with E-state index in [0.717, 1.165) is 26.2 Å². The van der Waals surface area contributed by atoms with Gasteiger partial charge in [0, 0.05) is 26.3 Å². The third-order valence-electron chi connectivity index (χ3n) is 6.26. The fourth-order valence-electron chi connectivity index (χ4n) is 3.84. The summed E-state index contributed by atoms with van der Waals surface area (Å²) in [6.07, 6.45) is 1.63. The molecule has 0 aliphatic heterocycles. The third-order valence-corrected chi connectivity index (χ3v) is 7.86. The SMILES string of the molecule is Cc1ccc(NC(=O)C(C)Sc2ccc(NC(=O)/C(=C/c3cccc(Br)c3)NC(=O)c3ccccc3)cc2)cc1C.